The standard InChI is InChI=1S/C11H6BrN7S/c12-7-5-14-15-8(7)10-18-19-9(16-17-11(19)20-10)6-2-1-3-13-4-6/h1-5H,(H,14,15). The van der Waals surface area contributed by atoms with Crippen molar-refractivity contribution < 1.29 is 0 Å². The molecule has 0 aliphatic rings. The molecule has 0 saturated heterocycles. The summed E-state index contributed by atoms with van der Waals surface area (Å²) in [6.07, 6.45) is 5.15. The number of hydrogen-bond acceptors (Lipinski definition) is 6. The fourth-order valence-corrected chi connectivity index (χ4v) is 3.17. The van der Waals surface area contributed by atoms with E-state index in [0.717, 1.165) is 25.7 Å². The molecular weight excluding hydrogens is 342 g/mol. The van der Waals surface area contributed by atoms with E-state index in [-0.39, 0.29) is 0 Å². The number of halogens is 1. The minimum Gasteiger partial charge on any atom is -0.274 e. The molecule has 0 aromatic carbocycles. The molecule has 4 aromatic heterocycles. The number of fused-ring (bicyclic) bond motifs is 1. The van der Waals surface area contributed by atoms with Crippen LogP contribution in [0.4, 0.5) is 0 Å². The largest absolute Gasteiger partial charge is 0.274 e. The maximum Gasteiger partial charge on any atom is 0.235 e. The maximum atomic E-state index is 4.53. The zero-order valence-corrected chi connectivity index (χ0v) is 12.3. The Morgan fingerprint density at radius 3 is 2.95 bits per heavy atom. The summed E-state index contributed by atoms with van der Waals surface area (Å²) in [6, 6.07) is 3.78. The van der Waals surface area contributed by atoms with Crippen LogP contribution in [0.15, 0.2) is 35.2 Å². The van der Waals surface area contributed by atoms with E-state index in [4.69, 9.17) is 0 Å². The van der Waals surface area contributed by atoms with Crippen LogP contribution < -0.4 is 0 Å². The smallest absolute Gasteiger partial charge is 0.235 e. The van der Waals surface area contributed by atoms with Crippen LogP contribution in [0.2, 0.25) is 0 Å². The van der Waals surface area contributed by atoms with Crippen molar-refractivity contribution in [3.8, 4) is 22.1 Å². The lowest BCUT2D eigenvalue weighted by molar-refractivity contribution is 0.962. The Balaban J connectivity index is 1.90. The molecule has 98 valence electrons. The molecule has 0 atom stereocenters. The average Bonchev–Trinajstić information content (AvgIpc) is 3.13. The maximum absolute atomic E-state index is 4.53. The first-order valence-electron chi connectivity index (χ1n) is 5.65. The molecule has 0 amide bonds. The Labute approximate surface area is 124 Å². The van der Waals surface area contributed by atoms with Gasteiger partial charge in [0.25, 0.3) is 0 Å². The van der Waals surface area contributed by atoms with Crippen LogP contribution in [0, 0.1) is 0 Å². The fourth-order valence-electron chi connectivity index (χ4n) is 1.81. The third-order valence-corrected chi connectivity index (χ3v) is 4.24. The molecule has 0 fully saturated rings. The molecular formula is C11H6BrN7S. The summed E-state index contributed by atoms with van der Waals surface area (Å²) in [6.45, 7) is 0. The summed E-state index contributed by atoms with van der Waals surface area (Å²) >= 11 is 4.87. The number of aromatic amines is 1. The first-order valence-corrected chi connectivity index (χ1v) is 7.26. The summed E-state index contributed by atoms with van der Waals surface area (Å²) in [4.78, 5) is 4.81. The van der Waals surface area contributed by atoms with Gasteiger partial charge in [0.05, 0.1) is 10.7 Å². The number of nitrogens with zero attached hydrogens (tertiary/aromatic N) is 6. The lowest BCUT2D eigenvalue weighted by Crippen LogP contribution is -1.91. The molecule has 0 bridgehead atoms. The molecule has 0 unspecified atom stereocenters. The quantitative estimate of drug-likeness (QED) is 0.601. The predicted molar refractivity (Wildman–Crippen MR) is 77.2 cm³/mol. The molecule has 0 aliphatic heterocycles. The van der Waals surface area contributed by atoms with Gasteiger partial charge in [0.2, 0.25) is 4.96 Å². The van der Waals surface area contributed by atoms with E-state index in [1.54, 1.807) is 23.1 Å². The van der Waals surface area contributed by atoms with Crippen LogP contribution in [0.1, 0.15) is 0 Å². The Bertz CT molecular complexity index is 879. The summed E-state index contributed by atoms with van der Waals surface area (Å²) in [5, 5.41) is 20.5. The van der Waals surface area contributed by atoms with Gasteiger partial charge in [0.1, 0.15) is 5.69 Å². The van der Waals surface area contributed by atoms with Gasteiger partial charge in [-0.25, -0.2) is 0 Å². The monoisotopic (exact) mass is 347 g/mol. The third kappa shape index (κ3) is 1.74. The Kier molecular flexibility index (Phi) is 2.60. The second-order valence-corrected chi connectivity index (χ2v) is 5.77. The highest BCUT2D eigenvalue weighted by Crippen LogP contribution is 2.30. The van der Waals surface area contributed by atoms with Crippen LogP contribution >= 0.6 is 27.3 Å². The summed E-state index contributed by atoms with van der Waals surface area (Å²) in [5.74, 6) is 0.672. The van der Waals surface area contributed by atoms with Crippen LogP contribution in [0.25, 0.3) is 27.1 Å². The molecule has 4 heterocycles. The molecule has 0 radical (unpaired) electrons. The summed E-state index contributed by atoms with van der Waals surface area (Å²) < 4.78 is 2.58. The van der Waals surface area contributed by atoms with Crippen LogP contribution in [0.5, 0.6) is 0 Å². The molecule has 9 heteroatoms. The normalized spacial score (nSPS) is 11.2. The Morgan fingerprint density at radius 2 is 2.20 bits per heavy atom. The van der Waals surface area contributed by atoms with Crippen molar-refractivity contribution in [3.63, 3.8) is 0 Å². The van der Waals surface area contributed by atoms with Gasteiger partial charge in [-0.05, 0) is 28.1 Å². The van der Waals surface area contributed by atoms with Gasteiger partial charge in [-0.2, -0.15) is 14.7 Å². The molecule has 7 nitrogen and oxygen atoms in total. The van der Waals surface area contributed by atoms with E-state index in [0.29, 0.717) is 5.82 Å². The lowest BCUT2D eigenvalue weighted by atomic mass is 10.3. The SMILES string of the molecule is Brc1cn[nH]c1-c1nn2c(-c3cccnc3)nnc2s1. The molecule has 20 heavy (non-hydrogen) atoms. The van der Waals surface area contributed by atoms with Crippen molar-refractivity contribution in [2.45, 2.75) is 0 Å². The van der Waals surface area contributed by atoms with Crippen LogP contribution in [0.3, 0.4) is 0 Å². The van der Waals surface area contributed by atoms with E-state index >= 15 is 0 Å². The first-order chi connectivity index (χ1) is 9.83. The zero-order chi connectivity index (χ0) is 13.5. The van der Waals surface area contributed by atoms with Gasteiger partial charge < -0.3 is 0 Å². The third-order valence-electron chi connectivity index (χ3n) is 2.72. The molecule has 0 aliphatic carbocycles. The van der Waals surface area contributed by atoms with E-state index < -0.39 is 0 Å². The molecule has 4 aromatic rings. The van der Waals surface area contributed by atoms with Crippen molar-refractivity contribution in [1.82, 2.24) is 35.0 Å². The van der Waals surface area contributed by atoms with Crippen molar-refractivity contribution in [3.05, 3.63) is 35.2 Å². The number of nitrogens with one attached hydrogen (secondary N) is 1. The number of rotatable bonds is 2. The highest BCUT2D eigenvalue weighted by Gasteiger charge is 2.16. The number of aromatic nitrogens is 7. The minimum absolute atomic E-state index is 0.672. The van der Waals surface area contributed by atoms with Gasteiger partial charge in [-0.1, -0.05) is 11.3 Å². The summed E-state index contributed by atoms with van der Waals surface area (Å²) in [7, 11) is 0. The summed E-state index contributed by atoms with van der Waals surface area (Å²) in [5.41, 5.74) is 1.71. The van der Waals surface area contributed by atoms with Gasteiger partial charge in [-0.15, -0.1) is 10.2 Å². The van der Waals surface area contributed by atoms with Gasteiger partial charge in [0, 0.05) is 18.0 Å². The fraction of sp³-hybridized carbons (Fsp3) is 0. The minimum atomic E-state index is 0.672. The van der Waals surface area contributed by atoms with Crippen LogP contribution in [-0.4, -0.2) is 35.0 Å². The van der Waals surface area contributed by atoms with Crippen molar-refractivity contribution in [2.75, 3.05) is 0 Å². The lowest BCUT2D eigenvalue weighted by Gasteiger charge is -1.94. The van der Waals surface area contributed by atoms with Crippen LogP contribution in [-0.2, 0) is 0 Å². The Morgan fingerprint density at radius 1 is 1.25 bits per heavy atom. The first kappa shape index (κ1) is 11.7. The van der Waals surface area contributed by atoms with Gasteiger partial charge >= 0.3 is 0 Å². The second-order valence-electron chi connectivity index (χ2n) is 3.96. The van der Waals surface area contributed by atoms with E-state index in [1.807, 2.05) is 12.1 Å². The van der Waals surface area contributed by atoms with E-state index in [9.17, 15) is 0 Å². The zero-order valence-electron chi connectivity index (χ0n) is 9.86. The average molecular weight is 348 g/mol. The number of hydrogen-bond donors (Lipinski definition) is 1. The second kappa shape index (κ2) is 4.46. The Hall–Kier alpha value is -2.13. The predicted octanol–water partition coefficient (Wildman–Crippen LogP) is 2.40. The van der Waals surface area contributed by atoms with Gasteiger partial charge in [-0.3, -0.25) is 10.1 Å². The number of pyridine rings is 1. The van der Waals surface area contributed by atoms with Crippen molar-refractivity contribution >= 4 is 32.2 Å². The molecule has 1 N–H and O–H groups in total. The van der Waals surface area contributed by atoms with Gasteiger partial charge in [0.15, 0.2) is 10.8 Å². The van der Waals surface area contributed by atoms with E-state index in [1.165, 1.54) is 11.3 Å². The molecule has 0 spiro atoms. The highest BCUT2D eigenvalue weighted by atomic mass is 79.9. The highest BCUT2D eigenvalue weighted by molar-refractivity contribution is 9.10. The van der Waals surface area contributed by atoms with Crippen molar-refractivity contribution in [2.24, 2.45) is 0 Å². The molecule has 0 saturated carbocycles. The van der Waals surface area contributed by atoms with Crippen molar-refractivity contribution in [1.29, 1.82) is 0 Å². The van der Waals surface area contributed by atoms with E-state index in [2.05, 4.69) is 46.4 Å². The molecule has 4 rings (SSSR count). The number of H-pyrrole nitrogens is 1. The topological polar surface area (TPSA) is 84.7 Å².